The van der Waals surface area contributed by atoms with Gasteiger partial charge in [-0.2, -0.15) is 0 Å². The number of aliphatic hydroxyl groups excluding tert-OH is 3. The predicted octanol–water partition coefficient (Wildman–Crippen LogP) is 3.82. The van der Waals surface area contributed by atoms with E-state index in [0.29, 0.717) is 5.75 Å². The van der Waals surface area contributed by atoms with Gasteiger partial charge in [0.2, 0.25) is 0 Å². The highest BCUT2D eigenvalue weighted by atomic mass is 79.9. The molecule has 0 spiro atoms. The van der Waals surface area contributed by atoms with Crippen molar-refractivity contribution in [3.8, 4) is 11.5 Å². The maximum absolute atomic E-state index is 9.47. The minimum Gasteiger partial charge on any atom is -0.508 e. The van der Waals surface area contributed by atoms with Crippen LogP contribution in [0.15, 0.2) is 46.9 Å². The molecular weight excluding hydrogens is 448 g/mol. The van der Waals surface area contributed by atoms with Crippen molar-refractivity contribution in [2.45, 2.75) is 38.4 Å². The Morgan fingerprint density at radius 2 is 1.61 bits per heavy atom. The van der Waals surface area contributed by atoms with E-state index in [9.17, 15) is 10.2 Å². The van der Waals surface area contributed by atoms with E-state index >= 15 is 0 Å². The average molecular weight is 476 g/mol. The lowest BCUT2D eigenvalue weighted by Crippen LogP contribution is -2.20. The smallest absolute Gasteiger partial charge is 0.133 e. The predicted molar refractivity (Wildman–Crippen MR) is 115 cm³/mol. The van der Waals surface area contributed by atoms with Crippen molar-refractivity contribution in [1.29, 1.82) is 0 Å². The second kappa shape index (κ2) is 11.6. The van der Waals surface area contributed by atoms with E-state index < -0.39 is 12.2 Å². The van der Waals surface area contributed by atoms with Crippen molar-refractivity contribution in [1.82, 2.24) is 0 Å². The molecule has 0 amide bonds. The van der Waals surface area contributed by atoms with E-state index in [1.54, 1.807) is 12.1 Å². The molecule has 0 aliphatic carbocycles. The highest BCUT2D eigenvalue weighted by Gasteiger charge is 2.24. The Balaban J connectivity index is 0.000000696. The zero-order valence-electron chi connectivity index (χ0n) is 16.3. The molecular formula is C21H28BrClO5. The third kappa shape index (κ3) is 7.60. The molecule has 0 aliphatic rings. The lowest BCUT2D eigenvalue weighted by molar-refractivity contribution is 0.110. The number of hydrogen-bond donors (Lipinski definition) is 4. The highest BCUT2D eigenvalue weighted by molar-refractivity contribution is 9.10. The van der Waals surface area contributed by atoms with Crippen LogP contribution >= 0.6 is 27.5 Å². The number of phenols is 1. The number of aromatic hydroxyl groups is 1. The summed E-state index contributed by atoms with van der Waals surface area (Å²) in [5.41, 5.74) is 2.00. The zero-order chi connectivity index (χ0) is 21.3. The molecule has 0 bridgehead atoms. The molecule has 0 fully saturated rings. The highest BCUT2D eigenvalue weighted by Crippen LogP contribution is 2.36. The van der Waals surface area contributed by atoms with Gasteiger partial charge in [-0.1, -0.05) is 32.0 Å². The number of ether oxygens (including phenoxy) is 1. The number of aliphatic hydroxyl groups is 3. The van der Waals surface area contributed by atoms with Crippen molar-refractivity contribution in [3.63, 3.8) is 0 Å². The monoisotopic (exact) mass is 474 g/mol. The molecule has 2 atom stereocenters. The molecule has 0 aromatic heterocycles. The first kappa shape index (κ1) is 24.7. The van der Waals surface area contributed by atoms with Gasteiger partial charge < -0.3 is 25.2 Å². The Morgan fingerprint density at radius 1 is 1.07 bits per heavy atom. The third-order valence-electron chi connectivity index (χ3n) is 4.12. The number of halogens is 2. The second-order valence-corrected chi connectivity index (χ2v) is 8.13. The molecule has 2 rings (SSSR count). The van der Waals surface area contributed by atoms with Crippen LogP contribution in [0.1, 0.15) is 31.9 Å². The fourth-order valence-electron chi connectivity index (χ4n) is 2.28. The molecule has 4 N–H and O–H groups in total. The van der Waals surface area contributed by atoms with E-state index in [0.717, 1.165) is 15.6 Å². The molecule has 5 nitrogen and oxygen atoms in total. The van der Waals surface area contributed by atoms with Gasteiger partial charge in [-0.15, -0.1) is 11.6 Å². The number of benzene rings is 2. The van der Waals surface area contributed by atoms with E-state index in [1.807, 2.05) is 30.3 Å². The number of alkyl halides is 1. The summed E-state index contributed by atoms with van der Waals surface area (Å²) in [6.07, 6.45) is -1.24. The summed E-state index contributed by atoms with van der Waals surface area (Å²) in [5.74, 6) is 1.07. The van der Waals surface area contributed by atoms with Crippen LogP contribution in [0.25, 0.3) is 0 Å². The van der Waals surface area contributed by atoms with Crippen molar-refractivity contribution in [3.05, 3.63) is 58.1 Å². The van der Waals surface area contributed by atoms with Crippen LogP contribution in [0, 0.1) is 0 Å². The maximum Gasteiger partial charge on any atom is 0.133 e. The molecule has 0 aliphatic heterocycles. The Morgan fingerprint density at radius 3 is 2.07 bits per heavy atom. The van der Waals surface area contributed by atoms with Gasteiger partial charge in [0, 0.05) is 5.41 Å². The van der Waals surface area contributed by atoms with Gasteiger partial charge in [0.15, 0.2) is 0 Å². The molecule has 156 valence electrons. The van der Waals surface area contributed by atoms with Crippen LogP contribution in [-0.2, 0) is 5.41 Å². The third-order valence-corrected chi connectivity index (χ3v) is 5.09. The SMILES string of the molecule is CC(C)(c1ccc(O)cc1)c1ccc(OCC(O)CCl)c(Br)c1.CC(O)CO. The van der Waals surface area contributed by atoms with Gasteiger partial charge >= 0.3 is 0 Å². The van der Waals surface area contributed by atoms with E-state index in [2.05, 4.69) is 29.8 Å². The van der Waals surface area contributed by atoms with E-state index in [-0.39, 0.29) is 30.3 Å². The summed E-state index contributed by atoms with van der Waals surface area (Å²) in [5, 5.41) is 34.9. The number of rotatable bonds is 7. The molecule has 7 heteroatoms. The van der Waals surface area contributed by atoms with Crippen LogP contribution in [0.3, 0.4) is 0 Å². The fraction of sp³-hybridized carbons (Fsp3) is 0.429. The van der Waals surface area contributed by atoms with Crippen LogP contribution in [0.2, 0.25) is 0 Å². The fourth-order valence-corrected chi connectivity index (χ4v) is 2.86. The minimum absolute atomic E-state index is 0.139. The first-order valence-corrected chi connectivity index (χ1v) is 10.2. The first-order chi connectivity index (χ1) is 13.1. The molecule has 2 aromatic carbocycles. The molecule has 0 radical (unpaired) electrons. The Hall–Kier alpha value is -1.31. The van der Waals surface area contributed by atoms with E-state index in [4.69, 9.17) is 26.6 Å². The summed E-state index contributed by atoms with van der Waals surface area (Å²) in [4.78, 5) is 0. The number of phenolic OH excluding ortho intramolecular Hbond substituents is 1. The van der Waals surface area contributed by atoms with Crippen molar-refractivity contribution in [2.75, 3.05) is 19.1 Å². The first-order valence-electron chi connectivity index (χ1n) is 8.87. The molecule has 0 saturated heterocycles. The van der Waals surface area contributed by atoms with Crippen LogP contribution in [0.5, 0.6) is 11.5 Å². The standard InChI is InChI=1S/C18H20BrClO3.C3H8O2/c1-18(2,12-3-6-14(21)7-4-12)13-5-8-17(16(19)9-13)23-11-15(22)10-20;1-3(5)2-4/h3-9,15,21-22H,10-11H2,1-2H3;3-5H,2H2,1H3. The quantitative estimate of drug-likeness (QED) is 0.457. The van der Waals surface area contributed by atoms with Crippen molar-refractivity contribution >= 4 is 27.5 Å². The number of hydrogen-bond acceptors (Lipinski definition) is 5. The molecule has 2 unspecified atom stereocenters. The molecule has 2 aromatic rings. The normalized spacial score (nSPS) is 13.3. The van der Waals surface area contributed by atoms with Gasteiger partial charge in [-0.05, 0) is 58.2 Å². The van der Waals surface area contributed by atoms with Crippen LogP contribution < -0.4 is 4.74 Å². The summed E-state index contributed by atoms with van der Waals surface area (Å²) in [6, 6.07) is 13.1. The maximum atomic E-state index is 9.47. The van der Waals surface area contributed by atoms with Crippen LogP contribution in [-0.4, -0.2) is 51.7 Å². The topological polar surface area (TPSA) is 90.2 Å². The van der Waals surface area contributed by atoms with Gasteiger partial charge in [-0.25, -0.2) is 0 Å². The molecule has 0 saturated carbocycles. The summed E-state index contributed by atoms with van der Waals surface area (Å²) in [6.45, 7) is 5.79. The van der Waals surface area contributed by atoms with E-state index in [1.165, 1.54) is 6.92 Å². The Labute approximate surface area is 179 Å². The summed E-state index contributed by atoms with van der Waals surface area (Å²) in [7, 11) is 0. The summed E-state index contributed by atoms with van der Waals surface area (Å²) >= 11 is 9.08. The van der Waals surface area contributed by atoms with Crippen molar-refractivity contribution in [2.24, 2.45) is 0 Å². The zero-order valence-corrected chi connectivity index (χ0v) is 18.6. The molecule has 28 heavy (non-hydrogen) atoms. The van der Waals surface area contributed by atoms with Gasteiger partial charge in [0.05, 0.1) is 23.1 Å². The van der Waals surface area contributed by atoms with Gasteiger partial charge in [0.1, 0.15) is 24.2 Å². The largest absolute Gasteiger partial charge is 0.508 e. The Bertz CT molecular complexity index is 719. The second-order valence-electron chi connectivity index (χ2n) is 6.97. The lowest BCUT2D eigenvalue weighted by Gasteiger charge is -2.27. The lowest BCUT2D eigenvalue weighted by atomic mass is 9.78. The molecule has 0 heterocycles. The van der Waals surface area contributed by atoms with Gasteiger partial charge in [0.25, 0.3) is 0 Å². The van der Waals surface area contributed by atoms with Crippen LogP contribution in [0.4, 0.5) is 0 Å². The average Bonchev–Trinajstić information content (AvgIpc) is 2.67. The van der Waals surface area contributed by atoms with Gasteiger partial charge in [-0.3, -0.25) is 0 Å². The summed E-state index contributed by atoms with van der Waals surface area (Å²) < 4.78 is 6.39. The Kier molecular flexibility index (Phi) is 10.3. The van der Waals surface area contributed by atoms with Crippen molar-refractivity contribution < 1.29 is 25.2 Å². The minimum atomic E-state index is -0.684.